The number of benzene rings is 2. The Labute approximate surface area is 188 Å². The number of amides is 1. The molecule has 148 valence electrons. The molecule has 1 heterocycles. The van der Waals surface area contributed by atoms with Crippen molar-refractivity contribution in [1.29, 1.82) is 0 Å². The van der Waals surface area contributed by atoms with Gasteiger partial charge in [0, 0.05) is 32.4 Å². The highest BCUT2D eigenvalue weighted by Crippen LogP contribution is 2.29. The fourth-order valence-corrected chi connectivity index (χ4v) is 3.36. The molecule has 0 aliphatic heterocycles. The van der Waals surface area contributed by atoms with Gasteiger partial charge in [-0.3, -0.25) is 10.1 Å². The molecule has 3 rings (SSSR count). The van der Waals surface area contributed by atoms with Crippen molar-refractivity contribution in [3.05, 3.63) is 81.0 Å². The number of furan rings is 1. The van der Waals surface area contributed by atoms with Crippen LogP contribution in [0.2, 0.25) is 15.1 Å². The van der Waals surface area contributed by atoms with Crippen LogP contribution in [0, 0.1) is 6.92 Å². The van der Waals surface area contributed by atoms with Gasteiger partial charge in [0.25, 0.3) is 0 Å². The van der Waals surface area contributed by atoms with Crippen LogP contribution in [-0.4, -0.2) is 11.0 Å². The van der Waals surface area contributed by atoms with Gasteiger partial charge < -0.3 is 9.73 Å². The molecule has 1 aromatic heterocycles. The van der Waals surface area contributed by atoms with E-state index in [1.54, 1.807) is 36.4 Å². The summed E-state index contributed by atoms with van der Waals surface area (Å²) in [6, 6.07) is 14.0. The molecular formula is C21H15Cl3N2O2S. The number of anilines is 1. The lowest BCUT2D eigenvalue weighted by Crippen LogP contribution is -2.32. The van der Waals surface area contributed by atoms with E-state index < -0.39 is 5.91 Å². The van der Waals surface area contributed by atoms with Gasteiger partial charge in [-0.15, -0.1) is 0 Å². The Morgan fingerprint density at radius 3 is 2.45 bits per heavy atom. The maximum Gasteiger partial charge on any atom is 0.250 e. The summed E-state index contributed by atoms with van der Waals surface area (Å²) in [5.41, 5.74) is 2.38. The minimum absolute atomic E-state index is 0.160. The van der Waals surface area contributed by atoms with E-state index >= 15 is 0 Å². The highest BCUT2D eigenvalue weighted by Gasteiger charge is 2.07. The number of thiocarbonyl (C=S) groups is 1. The minimum atomic E-state index is -0.399. The molecule has 0 aliphatic carbocycles. The van der Waals surface area contributed by atoms with E-state index in [2.05, 4.69) is 10.6 Å². The SMILES string of the molecule is Cc1ccc(NC(=S)NC(=O)/C=C/c2ccc(-c3cc(Cl)cc(Cl)c3)o2)cc1Cl. The number of aryl methyl sites for hydroxylation is 1. The predicted molar refractivity (Wildman–Crippen MR) is 124 cm³/mol. The molecule has 0 radical (unpaired) electrons. The van der Waals surface area contributed by atoms with Crippen LogP contribution in [0.5, 0.6) is 0 Å². The Morgan fingerprint density at radius 1 is 1.03 bits per heavy atom. The van der Waals surface area contributed by atoms with Crippen LogP contribution in [-0.2, 0) is 4.79 Å². The van der Waals surface area contributed by atoms with E-state index in [9.17, 15) is 4.79 Å². The zero-order chi connectivity index (χ0) is 21.0. The summed E-state index contributed by atoms with van der Waals surface area (Å²) in [6.45, 7) is 1.90. The van der Waals surface area contributed by atoms with Crippen LogP contribution in [0.4, 0.5) is 5.69 Å². The summed E-state index contributed by atoms with van der Waals surface area (Å²) in [6.07, 6.45) is 2.86. The molecule has 1 amide bonds. The monoisotopic (exact) mass is 464 g/mol. The third-order valence-corrected chi connectivity index (χ3v) is 4.89. The molecule has 4 nitrogen and oxygen atoms in total. The van der Waals surface area contributed by atoms with Gasteiger partial charge in [0.1, 0.15) is 11.5 Å². The van der Waals surface area contributed by atoms with Crippen molar-refractivity contribution >= 4 is 69.8 Å². The van der Waals surface area contributed by atoms with Crippen LogP contribution in [0.3, 0.4) is 0 Å². The number of carbonyl (C=O) groups excluding carboxylic acids is 1. The van der Waals surface area contributed by atoms with Gasteiger partial charge >= 0.3 is 0 Å². The molecule has 0 bridgehead atoms. The Hall–Kier alpha value is -2.31. The molecule has 0 aliphatic rings. The number of hydrogen-bond acceptors (Lipinski definition) is 3. The van der Waals surface area contributed by atoms with Crippen molar-refractivity contribution in [2.75, 3.05) is 5.32 Å². The first-order valence-corrected chi connectivity index (χ1v) is 9.97. The zero-order valence-corrected chi connectivity index (χ0v) is 18.2. The molecule has 0 spiro atoms. The molecule has 2 N–H and O–H groups in total. The zero-order valence-electron chi connectivity index (χ0n) is 15.1. The van der Waals surface area contributed by atoms with Gasteiger partial charge in [-0.25, -0.2) is 0 Å². The average molecular weight is 466 g/mol. The van der Waals surface area contributed by atoms with E-state index in [0.717, 1.165) is 11.1 Å². The first-order chi connectivity index (χ1) is 13.8. The molecule has 3 aromatic rings. The van der Waals surface area contributed by atoms with Crippen molar-refractivity contribution in [2.24, 2.45) is 0 Å². The lowest BCUT2D eigenvalue weighted by atomic mass is 10.2. The molecule has 0 unspecified atom stereocenters. The number of carbonyl (C=O) groups is 1. The summed E-state index contributed by atoms with van der Waals surface area (Å²) in [5.74, 6) is 0.683. The molecule has 2 aromatic carbocycles. The second-order valence-electron chi connectivity index (χ2n) is 6.10. The minimum Gasteiger partial charge on any atom is -0.457 e. The highest BCUT2D eigenvalue weighted by atomic mass is 35.5. The smallest absolute Gasteiger partial charge is 0.250 e. The van der Waals surface area contributed by atoms with Gasteiger partial charge in [0.2, 0.25) is 5.91 Å². The lowest BCUT2D eigenvalue weighted by molar-refractivity contribution is -0.115. The first-order valence-electron chi connectivity index (χ1n) is 8.42. The fourth-order valence-electron chi connectivity index (χ4n) is 2.44. The maximum atomic E-state index is 12.1. The predicted octanol–water partition coefficient (Wildman–Crippen LogP) is 6.74. The third kappa shape index (κ3) is 6.08. The summed E-state index contributed by atoms with van der Waals surface area (Å²) in [5, 5.41) is 7.26. The number of halogens is 3. The molecule has 8 heteroatoms. The van der Waals surface area contributed by atoms with E-state index in [0.29, 0.717) is 32.3 Å². The van der Waals surface area contributed by atoms with Crippen molar-refractivity contribution in [3.8, 4) is 11.3 Å². The fraction of sp³-hybridized carbons (Fsp3) is 0.0476. The van der Waals surface area contributed by atoms with E-state index in [-0.39, 0.29) is 5.11 Å². The van der Waals surface area contributed by atoms with Crippen LogP contribution >= 0.6 is 47.0 Å². The number of nitrogens with one attached hydrogen (secondary N) is 2. The average Bonchev–Trinajstić information content (AvgIpc) is 3.11. The summed E-state index contributed by atoms with van der Waals surface area (Å²) in [7, 11) is 0. The summed E-state index contributed by atoms with van der Waals surface area (Å²) < 4.78 is 5.71. The largest absolute Gasteiger partial charge is 0.457 e. The molecule has 0 saturated carbocycles. The van der Waals surface area contributed by atoms with Crippen LogP contribution in [0.1, 0.15) is 11.3 Å². The lowest BCUT2D eigenvalue weighted by Gasteiger charge is -2.09. The Morgan fingerprint density at radius 2 is 1.76 bits per heavy atom. The Kier molecular flexibility index (Phi) is 6.98. The quantitative estimate of drug-likeness (QED) is 0.331. The van der Waals surface area contributed by atoms with E-state index in [4.69, 9.17) is 51.4 Å². The number of rotatable bonds is 4. The van der Waals surface area contributed by atoms with Crippen molar-refractivity contribution in [3.63, 3.8) is 0 Å². The summed E-state index contributed by atoms with van der Waals surface area (Å²) >= 11 is 23.2. The second-order valence-corrected chi connectivity index (χ2v) is 7.79. The highest BCUT2D eigenvalue weighted by molar-refractivity contribution is 7.80. The molecular weight excluding hydrogens is 451 g/mol. The second kappa shape index (κ2) is 9.46. The molecule has 0 fully saturated rings. The van der Waals surface area contributed by atoms with E-state index in [1.807, 2.05) is 19.1 Å². The van der Waals surface area contributed by atoms with Gasteiger partial charge in [-0.1, -0.05) is 40.9 Å². The topological polar surface area (TPSA) is 54.3 Å². The standard InChI is InChI=1S/C21H15Cl3N2O2S/c1-12-2-3-16(11-18(12)24)25-21(29)26-20(27)7-5-17-4-6-19(28-17)13-8-14(22)10-15(23)9-13/h2-11H,1H3,(H2,25,26,27,29)/b7-5+. The van der Waals surface area contributed by atoms with Gasteiger partial charge in [-0.05, 0) is 73.2 Å². The normalized spacial score (nSPS) is 10.9. The first kappa shape index (κ1) is 21.4. The molecule has 29 heavy (non-hydrogen) atoms. The third-order valence-electron chi connectivity index (χ3n) is 3.84. The summed E-state index contributed by atoms with van der Waals surface area (Å²) in [4.78, 5) is 12.1. The van der Waals surface area contributed by atoms with Crippen molar-refractivity contribution < 1.29 is 9.21 Å². The van der Waals surface area contributed by atoms with Crippen LogP contribution in [0.25, 0.3) is 17.4 Å². The molecule has 0 atom stereocenters. The van der Waals surface area contributed by atoms with Crippen molar-refractivity contribution in [2.45, 2.75) is 6.92 Å². The Balaban J connectivity index is 1.59. The van der Waals surface area contributed by atoms with Gasteiger partial charge in [0.05, 0.1) is 0 Å². The van der Waals surface area contributed by atoms with Crippen LogP contribution < -0.4 is 10.6 Å². The Bertz CT molecular complexity index is 1090. The number of hydrogen-bond donors (Lipinski definition) is 2. The van der Waals surface area contributed by atoms with Crippen LogP contribution in [0.15, 0.2) is 59.0 Å². The van der Waals surface area contributed by atoms with Crippen molar-refractivity contribution in [1.82, 2.24) is 5.32 Å². The molecule has 0 saturated heterocycles. The maximum absolute atomic E-state index is 12.1. The van der Waals surface area contributed by atoms with E-state index in [1.165, 1.54) is 12.2 Å². The van der Waals surface area contributed by atoms with Gasteiger partial charge in [0.15, 0.2) is 5.11 Å². The van der Waals surface area contributed by atoms with Gasteiger partial charge in [-0.2, -0.15) is 0 Å².